The van der Waals surface area contributed by atoms with Crippen molar-refractivity contribution < 1.29 is 0 Å². The summed E-state index contributed by atoms with van der Waals surface area (Å²) in [4.78, 5) is 18.8. The molecule has 1 N–H and O–H groups in total. The van der Waals surface area contributed by atoms with E-state index in [0.717, 1.165) is 35.4 Å². The standard InChI is InChI=1S/C16H17N3OS/c1-3-4-14-8-15(20)19-16(18-14)21-10-13-6-5-12(9-17)7-11(13)2/h5-8H,3-4,10H2,1-2H3,(H,18,19,20). The molecule has 2 rings (SSSR count). The number of nitrogens with one attached hydrogen (secondary N) is 1. The topological polar surface area (TPSA) is 69.5 Å². The molecule has 21 heavy (non-hydrogen) atoms. The fourth-order valence-corrected chi connectivity index (χ4v) is 2.98. The number of H-pyrrole nitrogens is 1. The van der Waals surface area contributed by atoms with Crippen molar-refractivity contribution in [2.45, 2.75) is 37.6 Å². The van der Waals surface area contributed by atoms with E-state index in [0.29, 0.717) is 10.7 Å². The van der Waals surface area contributed by atoms with E-state index in [1.54, 1.807) is 6.07 Å². The summed E-state index contributed by atoms with van der Waals surface area (Å²) in [5.74, 6) is 0.718. The molecular weight excluding hydrogens is 282 g/mol. The van der Waals surface area contributed by atoms with Gasteiger partial charge in [0.1, 0.15) is 0 Å². The third kappa shape index (κ3) is 4.20. The molecule has 0 aliphatic carbocycles. The van der Waals surface area contributed by atoms with Crippen molar-refractivity contribution in [2.75, 3.05) is 0 Å². The lowest BCUT2D eigenvalue weighted by Gasteiger charge is -2.06. The zero-order chi connectivity index (χ0) is 15.2. The van der Waals surface area contributed by atoms with E-state index in [1.165, 1.54) is 11.8 Å². The lowest BCUT2D eigenvalue weighted by molar-refractivity contribution is 0.816. The number of aryl methyl sites for hydroxylation is 2. The second-order valence-corrected chi connectivity index (χ2v) is 5.80. The lowest BCUT2D eigenvalue weighted by Crippen LogP contribution is -2.10. The third-order valence-corrected chi connectivity index (χ3v) is 4.04. The zero-order valence-corrected chi connectivity index (χ0v) is 13.0. The van der Waals surface area contributed by atoms with Gasteiger partial charge in [-0.1, -0.05) is 31.2 Å². The molecule has 5 heteroatoms. The van der Waals surface area contributed by atoms with Crippen LogP contribution < -0.4 is 5.56 Å². The van der Waals surface area contributed by atoms with Gasteiger partial charge in [-0.05, 0) is 36.6 Å². The number of aromatic nitrogens is 2. The van der Waals surface area contributed by atoms with Gasteiger partial charge in [-0.3, -0.25) is 4.79 Å². The van der Waals surface area contributed by atoms with E-state index in [2.05, 4.69) is 23.0 Å². The van der Waals surface area contributed by atoms with E-state index in [4.69, 9.17) is 5.26 Å². The minimum absolute atomic E-state index is 0.104. The van der Waals surface area contributed by atoms with Crippen molar-refractivity contribution in [1.29, 1.82) is 5.26 Å². The molecule has 108 valence electrons. The maximum absolute atomic E-state index is 11.6. The molecule has 0 saturated heterocycles. The second-order valence-electron chi connectivity index (χ2n) is 4.83. The Hall–Kier alpha value is -2.06. The first kappa shape index (κ1) is 15.3. The van der Waals surface area contributed by atoms with Crippen LogP contribution in [0.4, 0.5) is 0 Å². The predicted octanol–water partition coefficient (Wildman–Crippen LogP) is 3.19. The molecule has 4 nitrogen and oxygen atoms in total. The number of hydrogen-bond donors (Lipinski definition) is 1. The molecular formula is C16H17N3OS. The summed E-state index contributed by atoms with van der Waals surface area (Å²) in [6, 6.07) is 9.33. The van der Waals surface area contributed by atoms with Crippen molar-refractivity contribution in [3.63, 3.8) is 0 Å². The van der Waals surface area contributed by atoms with Crippen LogP contribution in [0.25, 0.3) is 0 Å². The molecule has 0 amide bonds. The van der Waals surface area contributed by atoms with E-state index >= 15 is 0 Å². The highest BCUT2D eigenvalue weighted by Crippen LogP contribution is 2.21. The molecule has 1 heterocycles. The van der Waals surface area contributed by atoms with Crippen LogP contribution in [0.3, 0.4) is 0 Å². The first-order valence-electron chi connectivity index (χ1n) is 6.85. The number of hydrogen-bond acceptors (Lipinski definition) is 4. The van der Waals surface area contributed by atoms with Crippen LogP contribution in [0.2, 0.25) is 0 Å². The molecule has 0 fully saturated rings. The Labute approximate surface area is 128 Å². The molecule has 0 unspecified atom stereocenters. The fraction of sp³-hybridized carbons (Fsp3) is 0.312. The minimum Gasteiger partial charge on any atom is -0.301 e. The van der Waals surface area contributed by atoms with Crippen molar-refractivity contribution in [2.24, 2.45) is 0 Å². The van der Waals surface area contributed by atoms with Gasteiger partial charge in [0.15, 0.2) is 5.16 Å². The minimum atomic E-state index is -0.104. The monoisotopic (exact) mass is 299 g/mol. The lowest BCUT2D eigenvalue weighted by atomic mass is 10.1. The average Bonchev–Trinajstić information content (AvgIpc) is 2.45. The molecule has 0 radical (unpaired) electrons. The van der Waals surface area contributed by atoms with Crippen LogP contribution in [-0.2, 0) is 12.2 Å². The number of aromatic amines is 1. The zero-order valence-electron chi connectivity index (χ0n) is 12.1. The van der Waals surface area contributed by atoms with Crippen LogP contribution in [0.15, 0.2) is 34.2 Å². The number of rotatable bonds is 5. The summed E-state index contributed by atoms with van der Waals surface area (Å²) in [5.41, 5.74) is 3.61. The highest BCUT2D eigenvalue weighted by Gasteiger charge is 2.05. The Morgan fingerprint density at radius 1 is 1.38 bits per heavy atom. The molecule has 1 aromatic heterocycles. The molecule has 0 atom stereocenters. The van der Waals surface area contributed by atoms with E-state index in [9.17, 15) is 4.79 Å². The number of benzene rings is 1. The van der Waals surface area contributed by atoms with Gasteiger partial charge in [-0.15, -0.1) is 0 Å². The number of nitriles is 1. The van der Waals surface area contributed by atoms with Gasteiger partial charge >= 0.3 is 0 Å². The van der Waals surface area contributed by atoms with Crippen LogP contribution >= 0.6 is 11.8 Å². The highest BCUT2D eigenvalue weighted by atomic mass is 32.2. The van der Waals surface area contributed by atoms with Gasteiger partial charge in [0, 0.05) is 17.5 Å². The molecule has 1 aromatic carbocycles. The first-order chi connectivity index (χ1) is 10.1. The summed E-state index contributed by atoms with van der Waals surface area (Å²) in [6.07, 6.45) is 1.78. The third-order valence-electron chi connectivity index (χ3n) is 3.12. The summed E-state index contributed by atoms with van der Waals surface area (Å²) in [7, 11) is 0. The van der Waals surface area contributed by atoms with Crippen molar-refractivity contribution in [1.82, 2.24) is 9.97 Å². The summed E-state index contributed by atoms with van der Waals surface area (Å²) in [6.45, 7) is 4.05. The fourth-order valence-electron chi connectivity index (χ4n) is 2.01. The van der Waals surface area contributed by atoms with Gasteiger partial charge in [0.05, 0.1) is 11.6 Å². The van der Waals surface area contributed by atoms with Gasteiger partial charge in [-0.2, -0.15) is 5.26 Å². The highest BCUT2D eigenvalue weighted by molar-refractivity contribution is 7.98. The summed E-state index contributed by atoms with van der Waals surface area (Å²) in [5, 5.41) is 9.52. The molecule has 0 saturated carbocycles. The van der Waals surface area contributed by atoms with Gasteiger partial charge in [0.25, 0.3) is 5.56 Å². The van der Waals surface area contributed by atoms with Gasteiger partial charge < -0.3 is 4.98 Å². The van der Waals surface area contributed by atoms with Gasteiger partial charge in [-0.25, -0.2) is 4.98 Å². The molecule has 0 bridgehead atoms. The summed E-state index contributed by atoms with van der Waals surface area (Å²) >= 11 is 1.51. The Morgan fingerprint density at radius 3 is 2.86 bits per heavy atom. The molecule has 0 aliphatic heterocycles. The second kappa shape index (κ2) is 7.09. The van der Waals surface area contributed by atoms with Crippen molar-refractivity contribution in [3.05, 3.63) is 57.0 Å². The Morgan fingerprint density at radius 2 is 2.19 bits per heavy atom. The maximum atomic E-state index is 11.6. The molecule has 0 aliphatic rings. The van der Waals surface area contributed by atoms with Crippen LogP contribution in [-0.4, -0.2) is 9.97 Å². The SMILES string of the molecule is CCCc1cc(=O)[nH]c(SCc2ccc(C#N)cc2C)n1. The van der Waals surface area contributed by atoms with Gasteiger partial charge in [0.2, 0.25) is 0 Å². The van der Waals surface area contributed by atoms with Crippen LogP contribution in [0.5, 0.6) is 0 Å². The van der Waals surface area contributed by atoms with Crippen LogP contribution in [0.1, 0.15) is 35.7 Å². The Bertz CT molecular complexity index is 731. The summed E-state index contributed by atoms with van der Waals surface area (Å²) < 4.78 is 0. The van der Waals surface area contributed by atoms with E-state index in [-0.39, 0.29) is 5.56 Å². The van der Waals surface area contributed by atoms with E-state index < -0.39 is 0 Å². The van der Waals surface area contributed by atoms with E-state index in [1.807, 2.05) is 25.1 Å². The van der Waals surface area contributed by atoms with Crippen molar-refractivity contribution >= 4 is 11.8 Å². The smallest absolute Gasteiger partial charge is 0.251 e. The Kier molecular flexibility index (Phi) is 5.18. The normalized spacial score (nSPS) is 10.3. The molecule has 0 spiro atoms. The number of thioether (sulfide) groups is 1. The maximum Gasteiger partial charge on any atom is 0.251 e. The predicted molar refractivity (Wildman–Crippen MR) is 84.3 cm³/mol. The number of nitrogens with zero attached hydrogens (tertiary/aromatic N) is 2. The first-order valence-corrected chi connectivity index (χ1v) is 7.83. The quantitative estimate of drug-likeness (QED) is 0.680. The van der Waals surface area contributed by atoms with Crippen molar-refractivity contribution in [3.8, 4) is 6.07 Å². The Balaban J connectivity index is 2.13. The van der Waals surface area contributed by atoms with Crippen LogP contribution in [0, 0.1) is 18.3 Å². The molecule has 2 aromatic rings. The largest absolute Gasteiger partial charge is 0.301 e. The average molecular weight is 299 g/mol.